The van der Waals surface area contributed by atoms with E-state index in [0.717, 1.165) is 36.5 Å². The first-order valence-electron chi connectivity index (χ1n) is 11.4. The standard InChI is InChI=1S/C24H28FN7OS/c1-13(2)31-21(33)17-12-27-22(28-16-7-6-15-11-26-9-8-14(15)10-16)30-20(17)32(31)23-29-18(19(25)34-23)24(3,4)5/h6-7,10,12-13,26H,8-9,11H2,1-5H3,(H,27,28,30). The van der Waals surface area contributed by atoms with Crippen molar-refractivity contribution in [3.05, 3.63) is 56.7 Å². The van der Waals surface area contributed by atoms with E-state index in [9.17, 15) is 9.18 Å². The molecular formula is C24H28FN7OS. The molecule has 178 valence electrons. The predicted molar refractivity (Wildman–Crippen MR) is 133 cm³/mol. The molecule has 1 aromatic carbocycles. The van der Waals surface area contributed by atoms with Crippen molar-refractivity contribution < 1.29 is 4.39 Å². The number of nitrogens with zero attached hydrogens (tertiary/aromatic N) is 5. The van der Waals surface area contributed by atoms with Gasteiger partial charge in [-0.1, -0.05) is 38.2 Å². The molecule has 0 radical (unpaired) electrons. The van der Waals surface area contributed by atoms with Gasteiger partial charge in [-0.15, -0.1) is 0 Å². The van der Waals surface area contributed by atoms with E-state index in [-0.39, 0.29) is 16.7 Å². The number of benzene rings is 1. The molecule has 8 nitrogen and oxygen atoms in total. The van der Waals surface area contributed by atoms with Crippen molar-refractivity contribution in [3.63, 3.8) is 0 Å². The predicted octanol–water partition coefficient (Wildman–Crippen LogP) is 4.45. The largest absolute Gasteiger partial charge is 0.324 e. The van der Waals surface area contributed by atoms with Gasteiger partial charge in [0.05, 0.1) is 5.69 Å². The fourth-order valence-electron chi connectivity index (χ4n) is 4.24. The summed E-state index contributed by atoms with van der Waals surface area (Å²) < 4.78 is 18.0. The minimum atomic E-state index is -0.464. The molecule has 5 rings (SSSR count). The molecule has 10 heteroatoms. The van der Waals surface area contributed by atoms with Crippen LogP contribution in [0, 0.1) is 5.13 Å². The van der Waals surface area contributed by atoms with E-state index in [0.29, 0.717) is 27.8 Å². The Morgan fingerprint density at radius 3 is 2.71 bits per heavy atom. The van der Waals surface area contributed by atoms with E-state index in [2.05, 4.69) is 37.7 Å². The summed E-state index contributed by atoms with van der Waals surface area (Å²) >= 11 is 0.918. The lowest BCUT2D eigenvalue weighted by Crippen LogP contribution is -2.24. The average molecular weight is 482 g/mol. The third-order valence-electron chi connectivity index (χ3n) is 5.93. The summed E-state index contributed by atoms with van der Waals surface area (Å²) in [6.07, 6.45) is 2.49. The van der Waals surface area contributed by atoms with Gasteiger partial charge in [-0.2, -0.15) is 9.37 Å². The number of thiazole rings is 1. The van der Waals surface area contributed by atoms with E-state index in [4.69, 9.17) is 0 Å². The molecule has 4 heterocycles. The van der Waals surface area contributed by atoms with Crippen LogP contribution in [-0.4, -0.2) is 30.9 Å². The maximum atomic E-state index is 14.8. The topological polar surface area (TPSA) is 89.7 Å². The Morgan fingerprint density at radius 2 is 2.00 bits per heavy atom. The highest BCUT2D eigenvalue weighted by Gasteiger charge is 2.27. The van der Waals surface area contributed by atoms with Crippen LogP contribution in [0.5, 0.6) is 0 Å². The van der Waals surface area contributed by atoms with Crippen molar-refractivity contribution in [1.82, 2.24) is 29.6 Å². The summed E-state index contributed by atoms with van der Waals surface area (Å²) in [6.45, 7) is 11.4. The quantitative estimate of drug-likeness (QED) is 0.448. The normalized spacial score (nSPS) is 14.1. The van der Waals surface area contributed by atoms with Crippen LogP contribution >= 0.6 is 11.3 Å². The summed E-state index contributed by atoms with van der Waals surface area (Å²) in [5.41, 5.74) is 3.53. The Balaban J connectivity index is 1.63. The molecule has 0 saturated carbocycles. The summed E-state index contributed by atoms with van der Waals surface area (Å²) in [5.74, 6) is 0.365. The molecule has 0 amide bonds. The van der Waals surface area contributed by atoms with Gasteiger partial charge in [0.1, 0.15) is 5.39 Å². The number of hydrogen-bond donors (Lipinski definition) is 2. The highest BCUT2D eigenvalue weighted by atomic mass is 32.1. The number of rotatable bonds is 4. The smallest absolute Gasteiger partial charge is 0.278 e. The maximum Gasteiger partial charge on any atom is 0.278 e. The number of halogens is 1. The molecule has 0 unspecified atom stereocenters. The Morgan fingerprint density at radius 1 is 1.21 bits per heavy atom. The van der Waals surface area contributed by atoms with Crippen LogP contribution in [0.2, 0.25) is 0 Å². The fourth-order valence-corrected chi connectivity index (χ4v) is 5.24. The van der Waals surface area contributed by atoms with Crippen LogP contribution in [-0.2, 0) is 18.4 Å². The molecule has 1 aliphatic rings. The van der Waals surface area contributed by atoms with Crippen molar-refractivity contribution in [1.29, 1.82) is 0 Å². The highest BCUT2D eigenvalue weighted by Crippen LogP contribution is 2.31. The van der Waals surface area contributed by atoms with Crippen LogP contribution in [0.15, 0.2) is 29.2 Å². The molecule has 0 atom stereocenters. The van der Waals surface area contributed by atoms with Crippen LogP contribution < -0.4 is 16.2 Å². The molecule has 3 aromatic heterocycles. The minimum Gasteiger partial charge on any atom is -0.324 e. The maximum absolute atomic E-state index is 14.8. The molecular weight excluding hydrogens is 453 g/mol. The van der Waals surface area contributed by atoms with Gasteiger partial charge in [0.25, 0.3) is 5.56 Å². The Hall–Kier alpha value is -3.11. The molecule has 4 aromatic rings. The van der Waals surface area contributed by atoms with E-state index in [1.54, 1.807) is 9.36 Å². The van der Waals surface area contributed by atoms with Gasteiger partial charge in [0.2, 0.25) is 16.2 Å². The second kappa shape index (κ2) is 8.28. The summed E-state index contributed by atoms with van der Waals surface area (Å²) in [6, 6.07) is 6.02. The molecule has 0 spiro atoms. The lowest BCUT2D eigenvalue weighted by atomic mass is 9.93. The Labute approximate surface area is 200 Å². The zero-order chi connectivity index (χ0) is 24.2. The van der Waals surface area contributed by atoms with Gasteiger partial charge in [0, 0.05) is 29.9 Å². The average Bonchev–Trinajstić information content (AvgIpc) is 3.31. The number of nitrogens with one attached hydrogen (secondary N) is 2. The van der Waals surface area contributed by atoms with Crippen molar-refractivity contribution in [2.24, 2.45) is 0 Å². The van der Waals surface area contributed by atoms with Gasteiger partial charge in [-0.3, -0.25) is 4.79 Å². The number of fused-ring (bicyclic) bond motifs is 2. The van der Waals surface area contributed by atoms with Crippen LogP contribution in [0.4, 0.5) is 16.0 Å². The van der Waals surface area contributed by atoms with Crippen LogP contribution in [0.25, 0.3) is 16.2 Å². The zero-order valence-electron chi connectivity index (χ0n) is 19.9. The van der Waals surface area contributed by atoms with Gasteiger partial charge >= 0.3 is 0 Å². The Bertz CT molecular complexity index is 1440. The molecule has 34 heavy (non-hydrogen) atoms. The van der Waals surface area contributed by atoms with E-state index in [1.807, 2.05) is 40.7 Å². The van der Waals surface area contributed by atoms with Gasteiger partial charge in [0.15, 0.2) is 5.65 Å². The van der Waals surface area contributed by atoms with E-state index in [1.165, 1.54) is 17.3 Å². The third kappa shape index (κ3) is 3.90. The first-order valence-corrected chi connectivity index (χ1v) is 12.2. The first-order chi connectivity index (χ1) is 16.1. The Kier molecular flexibility index (Phi) is 5.52. The highest BCUT2D eigenvalue weighted by molar-refractivity contribution is 7.12. The molecule has 0 aliphatic carbocycles. The summed E-state index contributed by atoms with van der Waals surface area (Å²) in [5, 5.41) is 7.01. The molecule has 0 saturated heterocycles. The lowest BCUT2D eigenvalue weighted by molar-refractivity contribution is 0.472. The SMILES string of the molecule is CC(C)n1c(=O)c2cnc(Nc3ccc4c(c3)CCNC4)nc2n1-c1nc(C(C)(C)C)c(F)s1. The van der Waals surface area contributed by atoms with Crippen molar-refractivity contribution >= 4 is 34.0 Å². The molecule has 0 fully saturated rings. The number of aromatic nitrogens is 5. The molecule has 1 aliphatic heterocycles. The second-order valence-electron chi connectivity index (χ2n) is 9.89. The van der Waals surface area contributed by atoms with Crippen LogP contribution in [0.1, 0.15) is 57.5 Å². The van der Waals surface area contributed by atoms with Crippen molar-refractivity contribution in [3.8, 4) is 5.13 Å². The second-order valence-corrected chi connectivity index (χ2v) is 10.8. The zero-order valence-corrected chi connectivity index (χ0v) is 20.8. The fraction of sp³-hybridized carbons (Fsp3) is 0.417. The molecule has 2 N–H and O–H groups in total. The minimum absolute atomic E-state index is 0.183. The van der Waals surface area contributed by atoms with Crippen molar-refractivity contribution in [2.45, 2.75) is 59.0 Å². The first kappa shape index (κ1) is 22.7. The lowest BCUT2D eigenvalue weighted by Gasteiger charge is -2.18. The molecule has 0 bridgehead atoms. The summed E-state index contributed by atoms with van der Waals surface area (Å²) in [4.78, 5) is 26.8. The van der Waals surface area contributed by atoms with Crippen LogP contribution in [0.3, 0.4) is 0 Å². The van der Waals surface area contributed by atoms with Gasteiger partial charge < -0.3 is 10.6 Å². The third-order valence-corrected chi connectivity index (χ3v) is 6.75. The van der Waals surface area contributed by atoms with Gasteiger partial charge in [-0.05, 0) is 50.1 Å². The van der Waals surface area contributed by atoms with E-state index < -0.39 is 5.41 Å². The van der Waals surface area contributed by atoms with E-state index >= 15 is 0 Å². The number of hydrogen-bond acceptors (Lipinski definition) is 7. The number of anilines is 2. The summed E-state index contributed by atoms with van der Waals surface area (Å²) in [7, 11) is 0. The monoisotopic (exact) mass is 481 g/mol. The van der Waals surface area contributed by atoms with Crippen molar-refractivity contribution in [2.75, 3.05) is 11.9 Å². The van der Waals surface area contributed by atoms with Gasteiger partial charge in [-0.25, -0.2) is 19.3 Å².